The lowest BCUT2D eigenvalue weighted by molar-refractivity contribution is 0.247. The van der Waals surface area contributed by atoms with Gasteiger partial charge in [0, 0.05) is 12.1 Å². The molecule has 15 heavy (non-hydrogen) atoms. The standard InChI is InChI=1S/C9H7F3N2O/c10-5-2-1-4(7(11)8(5)12)6-3-13-9(15)14-6/h1-2,6H,3H2,(H2,13,14,15)/t6-/m0/s1. The van der Waals surface area contributed by atoms with Crippen LogP contribution in [-0.4, -0.2) is 12.6 Å². The summed E-state index contributed by atoms with van der Waals surface area (Å²) >= 11 is 0. The van der Waals surface area contributed by atoms with Crippen LogP contribution in [0.4, 0.5) is 18.0 Å². The normalized spacial score (nSPS) is 19.9. The number of hydrogen-bond donors (Lipinski definition) is 2. The number of halogens is 3. The molecule has 1 aliphatic heterocycles. The summed E-state index contributed by atoms with van der Waals surface area (Å²) in [6, 6.07) is 0.834. The molecule has 2 rings (SSSR count). The fraction of sp³-hybridized carbons (Fsp3) is 0.222. The molecule has 0 radical (unpaired) electrons. The predicted octanol–water partition coefficient (Wildman–Crippen LogP) is 1.46. The van der Waals surface area contributed by atoms with E-state index in [1.165, 1.54) is 0 Å². The molecule has 3 nitrogen and oxygen atoms in total. The fourth-order valence-electron chi connectivity index (χ4n) is 1.45. The van der Waals surface area contributed by atoms with Crippen LogP contribution in [0, 0.1) is 17.5 Å². The van der Waals surface area contributed by atoms with Crippen molar-refractivity contribution in [2.24, 2.45) is 0 Å². The Morgan fingerprint density at radius 3 is 2.53 bits per heavy atom. The molecule has 2 N–H and O–H groups in total. The zero-order valence-corrected chi connectivity index (χ0v) is 7.48. The van der Waals surface area contributed by atoms with Crippen LogP contribution in [0.5, 0.6) is 0 Å². The number of carbonyl (C=O) groups excluding carboxylic acids is 1. The van der Waals surface area contributed by atoms with E-state index in [4.69, 9.17) is 0 Å². The highest BCUT2D eigenvalue weighted by molar-refractivity contribution is 5.76. The van der Waals surface area contributed by atoms with Crippen LogP contribution in [0.3, 0.4) is 0 Å². The Morgan fingerprint density at radius 1 is 1.20 bits per heavy atom. The van der Waals surface area contributed by atoms with Crippen molar-refractivity contribution in [2.45, 2.75) is 6.04 Å². The summed E-state index contributed by atoms with van der Waals surface area (Å²) < 4.78 is 38.7. The minimum atomic E-state index is -1.52. The van der Waals surface area contributed by atoms with Crippen LogP contribution in [-0.2, 0) is 0 Å². The van der Waals surface area contributed by atoms with Gasteiger partial charge in [0.05, 0.1) is 6.04 Å². The molecule has 1 aliphatic rings. The summed E-state index contributed by atoms with van der Waals surface area (Å²) in [6.07, 6.45) is 0. The second-order valence-electron chi connectivity index (χ2n) is 3.17. The van der Waals surface area contributed by atoms with Gasteiger partial charge < -0.3 is 10.6 Å². The molecule has 0 saturated carbocycles. The van der Waals surface area contributed by atoms with Crippen molar-refractivity contribution in [1.29, 1.82) is 0 Å². The van der Waals surface area contributed by atoms with Crippen molar-refractivity contribution in [3.63, 3.8) is 0 Å². The fourth-order valence-corrected chi connectivity index (χ4v) is 1.45. The first-order valence-electron chi connectivity index (χ1n) is 4.27. The molecule has 0 bridgehead atoms. The topological polar surface area (TPSA) is 41.1 Å². The van der Waals surface area contributed by atoms with Crippen molar-refractivity contribution in [3.05, 3.63) is 35.1 Å². The van der Waals surface area contributed by atoms with Gasteiger partial charge in [0.1, 0.15) is 0 Å². The highest BCUT2D eigenvalue weighted by Crippen LogP contribution is 2.22. The highest BCUT2D eigenvalue weighted by Gasteiger charge is 2.26. The average Bonchev–Trinajstić information content (AvgIpc) is 2.61. The van der Waals surface area contributed by atoms with Gasteiger partial charge in [-0.25, -0.2) is 18.0 Å². The molecule has 2 amide bonds. The molecule has 0 aromatic heterocycles. The first-order valence-corrected chi connectivity index (χ1v) is 4.27. The maximum Gasteiger partial charge on any atom is 0.315 e. The van der Waals surface area contributed by atoms with Gasteiger partial charge >= 0.3 is 6.03 Å². The third-order valence-corrected chi connectivity index (χ3v) is 2.21. The van der Waals surface area contributed by atoms with Crippen LogP contribution < -0.4 is 10.6 Å². The van der Waals surface area contributed by atoms with Gasteiger partial charge in [-0.2, -0.15) is 0 Å². The van der Waals surface area contributed by atoms with E-state index in [2.05, 4.69) is 10.6 Å². The van der Waals surface area contributed by atoms with Gasteiger partial charge in [0.15, 0.2) is 17.5 Å². The molecule has 0 spiro atoms. The Labute approximate surface area is 83.3 Å². The predicted molar refractivity (Wildman–Crippen MR) is 45.6 cm³/mol. The molecular formula is C9H7F3N2O. The first-order chi connectivity index (χ1) is 7.09. The maximum absolute atomic E-state index is 13.2. The van der Waals surface area contributed by atoms with Crippen molar-refractivity contribution in [3.8, 4) is 0 Å². The molecule has 1 heterocycles. The molecule has 0 unspecified atom stereocenters. The van der Waals surface area contributed by atoms with Crippen molar-refractivity contribution in [1.82, 2.24) is 10.6 Å². The van der Waals surface area contributed by atoms with E-state index in [0.29, 0.717) is 0 Å². The van der Waals surface area contributed by atoms with Crippen LogP contribution in [0.15, 0.2) is 12.1 Å². The minimum Gasteiger partial charge on any atom is -0.336 e. The Bertz CT molecular complexity index is 422. The Kier molecular flexibility index (Phi) is 2.26. The van der Waals surface area contributed by atoms with Gasteiger partial charge in [-0.3, -0.25) is 0 Å². The summed E-state index contributed by atoms with van der Waals surface area (Å²) in [7, 11) is 0. The second kappa shape index (κ2) is 3.45. The molecule has 1 fully saturated rings. The van der Waals surface area contributed by atoms with E-state index in [0.717, 1.165) is 12.1 Å². The lowest BCUT2D eigenvalue weighted by Crippen LogP contribution is -2.22. The van der Waals surface area contributed by atoms with Crippen LogP contribution >= 0.6 is 0 Å². The number of amides is 2. The third kappa shape index (κ3) is 1.62. The van der Waals surface area contributed by atoms with Gasteiger partial charge in [-0.15, -0.1) is 0 Å². The number of nitrogens with one attached hydrogen (secondary N) is 2. The molecule has 0 aliphatic carbocycles. The van der Waals surface area contributed by atoms with Gasteiger partial charge in [-0.1, -0.05) is 6.07 Å². The van der Waals surface area contributed by atoms with E-state index in [9.17, 15) is 18.0 Å². The lowest BCUT2D eigenvalue weighted by Gasteiger charge is -2.10. The van der Waals surface area contributed by atoms with E-state index in [1.807, 2.05) is 0 Å². The molecule has 1 aromatic carbocycles. The first kappa shape index (κ1) is 9.82. The van der Waals surface area contributed by atoms with E-state index < -0.39 is 29.5 Å². The van der Waals surface area contributed by atoms with Crippen molar-refractivity contribution >= 4 is 6.03 Å². The summed E-state index contributed by atoms with van der Waals surface area (Å²) in [5.74, 6) is -4.02. The minimum absolute atomic E-state index is 0.0627. The smallest absolute Gasteiger partial charge is 0.315 e. The monoisotopic (exact) mass is 216 g/mol. The highest BCUT2D eigenvalue weighted by atomic mass is 19.2. The summed E-state index contributed by atoms with van der Waals surface area (Å²) in [5.41, 5.74) is -0.0627. The van der Waals surface area contributed by atoms with E-state index in [1.54, 1.807) is 0 Å². The van der Waals surface area contributed by atoms with E-state index >= 15 is 0 Å². The average molecular weight is 216 g/mol. The quantitative estimate of drug-likeness (QED) is 0.685. The number of carbonyl (C=O) groups is 1. The number of urea groups is 1. The Balaban J connectivity index is 2.37. The molecule has 80 valence electrons. The molecule has 1 atom stereocenters. The summed E-state index contributed by atoms with van der Waals surface area (Å²) in [4.78, 5) is 10.8. The lowest BCUT2D eigenvalue weighted by atomic mass is 10.1. The summed E-state index contributed by atoms with van der Waals surface area (Å²) in [6.45, 7) is 0.154. The Morgan fingerprint density at radius 2 is 1.93 bits per heavy atom. The zero-order valence-electron chi connectivity index (χ0n) is 7.48. The zero-order chi connectivity index (χ0) is 11.0. The molecule has 1 saturated heterocycles. The molecule has 1 aromatic rings. The summed E-state index contributed by atoms with van der Waals surface area (Å²) in [5, 5.41) is 4.77. The van der Waals surface area contributed by atoms with E-state index in [-0.39, 0.29) is 12.1 Å². The van der Waals surface area contributed by atoms with Crippen molar-refractivity contribution in [2.75, 3.05) is 6.54 Å². The van der Waals surface area contributed by atoms with Crippen LogP contribution in [0.25, 0.3) is 0 Å². The van der Waals surface area contributed by atoms with Gasteiger partial charge in [0.25, 0.3) is 0 Å². The van der Waals surface area contributed by atoms with Gasteiger partial charge in [-0.05, 0) is 6.07 Å². The number of rotatable bonds is 1. The Hall–Kier alpha value is -1.72. The SMILES string of the molecule is O=C1NC[C@@H](c2ccc(F)c(F)c2F)N1. The van der Waals surface area contributed by atoms with Crippen LogP contribution in [0.1, 0.15) is 11.6 Å². The maximum atomic E-state index is 13.2. The molecular weight excluding hydrogens is 209 g/mol. The second-order valence-corrected chi connectivity index (χ2v) is 3.17. The largest absolute Gasteiger partial charge is 0.336 e. The molecule has 6 heteroatoms. The van der Waals surface area contributed by atoms with Crippen LogP contribution in [0.2, 0.25) is 0 Å². The third-order valence-electron chi connectivity index (χ3n) is 2.21. The van der Waals surface area contributed by atoms with Crippen molar-refractivity contribution < 1.29 is 18.0 Å². The van der Waals surface area contributed by atoms with Gasteiger partial charge in [0.2, 0.25) is 0 Å². The number of benzene rings is 1. The number of hydrogen-bond acceptors (Lipinski definition) is 1.